The summed E-state index contributed by atoms with van der Waals surface area (Å²) < 4.78 is 10.0. The molecule has 2 aromatic rings. The van der Waals surface area contributed by atoms with E-state index in [0.717, 1.165) is 66.6 Å². The molecular weight excluding hydrogens is 885 g/mol. The van der Waals surface area contributed by atoms with Crippen LogP contribution in [0.25, 0.3) is 12.2 Å². The Bertz CT molecular complexity index is 2140. The van der Waals surface area contributed by atoms with Crippen molar-refractivity contribution in [2.75, 3.05) is 75.2 Å². The van der Waals surface area contributed by atoms with E-state index in [-0.39, 0.29) is 48.2 Å². The quantitative estimate of drug-likeness (QED) is 0.185. The third-order valence-corrected chi connectivity index (χ3v) is 10.5. The van der Waals surface area contributed by atoms with Crippen LogP contribution in [0.1, 0.15) is 65.5 Å². The molecule has 0 radical (unpaired) electrons. The number of aliphatic carboxylic acids is 1. The zero-order valence-corrected chi connectivity index (χ0v) is 38.8. The number of carboxylic acids is 1. The second-order valence-electron chi connectivity index (χ2n) is 16.4. The molecule has 2 aromatic heterocycles. The number of nitrogens with zero attached hydrogens (tertiary/aromatic N) is 5. The normalized spacial score (nSPS) is 17.6. The molecule has 0 unspecified atom stereocenters. The highest BCUT2D eigenvalue weighted by atomic mass is 32.2. The summed E-state index contributed by atoms with van der Waals surface area (Å²) >= 11 is 1.79. The number of carbonyl (C=O) groups is 8. The van der Waals surface area contributed by atoms with E-state index in [0.29, 0.717) is 41.8 Å². The number of imide groups is 2. The number of rotatable bonds is 10. The van der Waals surface area contributed by atoms with Crippen molar-refractivity contribution in [3.63, 3.8) is 0 Å². The molecule has 4 fully saturated rings. The minimum absolute atomic E-state index is 0.0402. The van der Waals surface area contributed by atoms with Crippen molar-refractivity contribution >= 4 is 93.7 Å². The molecule has 21 nitrogen and oxygen atoms in total. The van der Waals surface area contributed by atoms with Crippen molar-refractivity contribution in [3.05, 3.63) is 57.6 Å². The maximum Gasteiger partial charge on any atom is 0.407 e. The first kappa shape index (κ1) is 51.4. The van der Waals surface area contributed by atoms with Gasteiger partial charge in [0, 0.05) is 95.4 Å². The van der Waals surface area contributed by atoms with Gasteiger partial charge < -0.3 is 45.2 Å². The Morgan fingerprint density at radius 1 is 0.692 bits per heavy atom. The van der Waals surface area contributed by atoms with Crippen LogP contribution in [-0.2, 0) is 28.7 Å². The standard InChI is InChI=1S/C21H27N5O5S.C13H14N4O2S.C8H15NO4/c1-21(2,3)31-19(29)23-8-6-16(27)25-9-11-26(12-10-25)17-14(5-4-7-22-17)13-15-18(28)24-20(30)32-15;18-12-10(20-13(19)16-12)8-9-2-1-3-15-11(9)17-6-4-14-5-7-17;1-8(2,3)13-7(12)9-5-4-6(10)11/h4-5,7,13H,6,8-12H2,1-3H3,(H,23,29)(H,24,28,30);1-3,8,14H,4-7H2,(H,16,18,19);4-5H2,1-3H3,(H,9,12)(H,10,11)/b15-13-;10-8-;. The average molecular weight is 941 g/mol. The van der Waals surface area contributed by atoms with E-state index in [2.05, 4.69) is 46.4 Å². The highest BCUT2D eigenvalue weighted by Crippen LogP contribution is 2.30. The molecule has 6 heterocycles. The number of hydrogen-bond acceptors (Lipinski definition) is 17. The van der Waals surface area contributed by atoms with Crippen molar-refractivity contribution in [1.82, 2.24) is 41.5 Å². The Hall–Kier alpha value is -6.20. The van der Waals surface area contributed by atoms with Gasteiger partial charge in [0.2, 0.25) is 5.91 Å². The predicted octanol–water partition coefficient (Wildman–Crippen LogP) is 3.77. The summed E-state index contributed by atoms with van der Waals surface area (Å²) in [5, 5.41) is 20.3. The third-order valence-electron chi connectivity index (χ3n) is 8.85. The van der Waals surface area contributed by atoms with Crippen LogP contribution in [0, 0.1) is 0 Å². The molecule has 4 aliphatic rings. The Morgan fingerprint density at radius 2 is 1.12 bits per heavy atom. The van der Waals surface area contributed by atoms with Gasteiger partial charge in [0.05, 0.1) is 16.2 Å². The van der Waals surface area contributed by atoms with Gasteiger partial charge in [0.25, 0.3) is 22.3 Å². The predicted molar refractivity (Wildman–Crippen MR) is 246 cm³/mol. The number of ether oxygens (including phenoxy) is 2. The molecule has 6 N–H and O–H groups in total. The van der Waals surface area contributed by atoms with Crippen molar-refractivity contribution in [2.45, 2.75) is 65.6 Å². The highest BCUT2D eigenvalue weighted by molar-refractivity contribution is 8.18. The third kappa shape index (κ3) is 18.1. The lowest BCUT2D eigenvalue weighted by molar-refractivity contribution is -0.137. The van der Waals surface area contributed by atoms with Crippen LogP contribution in [0.2, 0.25) is 0 Å². The molecule has 6 rings (SSSR count). The highest BCUT2D eigenvalue weighted by Gasteiger charge is 2.28. The number of carbonyl (C=O) groups excluding carboxylic acids is 7. The summed E-state index contributed by atoms with van der Waals surface area (Å²) in [6.07, 6.45) is 5.77. The number of pyridine rings is 2. The van der Waals surface area contributed by atoms with Gasteiger partial charge in [-0.1, -0.05) is 0 Å². The molecule has 23 heteroatoms. The fraction of sp³-hybridized carbons (Fsp3) is 0.476. The van der Waals surface area contributed by atoms with E-state index in [4.69, 9.17) is 14.6 Å². The lowest BCUT2D eigenvalue weighted by atomic mass is 10.2. The second-order valence-corrected chi connectivity index (χ2v) is 18.4. The van der Waals surface area contributed by atoms with Gasteiger partial charge in [0.1, 0.15) is 22.8 Å². The topological polar surface area (TPSA) is 271 Å². The van der Waals surface area contributed by atoms with Gasteiger partial charge in [0.15, 0.2) is 0 Å². The molecule has 4 saturated heterocycles. The number of amides is 7. The first-order valence-electron chi connectivity index (χ1n) is 20.7. The lowest BCUT2D eigenvalue weighted by Crippen LogP contribution is -2.49. The monoisotopic (exact) mass is 940 g/mol. The van der Waals surface area contributed by atoms with Gasteiger partial charge in [-0.2, -0.15) is 0 Å². The molecular formula is C42H56N10O11S2. The zero-order chi connectivity index (χ0) is 47.7. The molecule has 65 heavy (non-hydrogen) atoms. The van der Waals surface area contributed by atoms with Gasteiger partial charge in [-0.3, -0.25) is 39.4 Å². The summed E-state index contributed by atoms with van der Waals surface area (Å²) in [7, 11) is 0. The van der Waals surface area contributed by atoms with Gasteiger partial charge in [-0.15, -0.1) is 0 Å². The Kier molecular flexibility index (Phi) is 19.1. The minimum Gasteiger partial charge on any atom is -0.481 e. The average Bonchev–Trinajstić information content (AvgIpc) is 3.73. The molecule has 352 valence electrons. The number of thioether (sulfide) groups is 2. The fourth-order valence-corrected chi connectivity index (χ4v) is 7.42. The molecule has 0 atom stereocenters. The van der Waals surface area contributed by atoms with E-state index in [9.17, 15) is 38.4 Å². The SMILES string of the molecule is CC(C)(C)OC(=O)NCCC(=O)N1CCN(c2ncccc2/C=C2\SC(=O)NC2=O)CC1.CC(C)(C)OC(=O)NCCC(=O)O.O=C1NC(=O)/C(=C/c2cccnc2N2CCNCC2)S1. The van der Waals surface area contributed by atoms with Crippen LogP contribution in [0.3, 0.4) is 0 Å². The van der Waals surface area contributed by atoms with Crippen LogP contribution >= 0.6 is 23.5 Å². The molecule has 0 spiro atoms. The molecule has 0 bridgehead atoms. The minimum atomic E-state index is -0.948. The molecule has 7 amide bonds. The smallest absolute Gasteiger partial charge is 0.407 e. The number of anilines is 2. The van der Waals surface area contributed by atoms with Crippen LogP contribution in [0.5, 0.6) is 0 Å². The van der Waals surface area contributed by atoms with Crippen molar-refractivity contribution in [3.8, 4) is 0 Å². The Labute approximate surface area is 385 Å². The zero-order valence-electron chi connectivity index (χ0n) is 37.2. The van der Waals surface area contributed by atoms with E-state index < -0.39 is 35.3 Å². The van der Waals surface area contributed by atoms with E-state index in [1.165, 1.54) is 0 Å². The number of alkyl carbamates (subject to hydrolysis) is 2. The van der Waals surface area contributed by atoms with Crippen LogP contribution < -0.4 is 36.4 Å². The van der Waals surface area contributed by atoms with E-state index in [1.807, 2.05) is 18.2 Å². The van der Waals surface area contributed by atoms with Crippen molar-refractivity contribution in [2.24, 2.45) is 0 Å². The van der Waals surface area contributed by atoms with Gasteiger partial charge in [-0.25, -0.2) is 19.6 Å². The maximum atomic E-state index is 12.5. The fourth-order valence-electron chi connectivity index (χ4n) is 6.07. The maximum absolute atomic E-state index is 12.5. The van der Waals surface area contributed by atoms with Crippen molar-refractivity contribution < 1.29 is 52.9 Å². The Balaban J connectivity index is 0.000000238. The van der Waals surface area contributed by atoms with Gasteiger partial charge >= 0.3 is 18.2 Å². The number of carboxylic acid groups (broad SMARTS) is 1. The molecule has 0 saturated carbocycles. The Morgan fingerprint density at radius 3 is 1.52 bits per heavy atom. The van der Waals surface area contributed by atoms with Gasteiger partial charge in [-0.05, 0) is 101 Å². The molecule has 0 aromatic carbocycles. The lowest BCUT2D eigenvalue weighted by Gasteiger charge is -2.36. The molecule has 4 aliphatic heterocycles. The van der Waals surface area contributed by atoms with E-state index in [1.54, 1.807) is 77.1 Å². The summed E-state index contributed by atoms with van der Waals surface area (Å²) in [5.41, 5.74) is 0.469. The summed E-state index contributed by atoms with van der Waals surface area (Å²) in [6.45, 7) is 16.7. The second kappa shape index (κ2) is 24.2. The first-order valence-corrected chi connectivity index (χ1v) is 22.3. The van der Waals surface area contributed by atoms with E-state index >= 15 is 0 Å². The summed E-state index contributed by atoms with van der Waals surface area (Å²) in [5.74, 6) is -0.182. The van der Waals surface area contributed by atoms with Crippen LogP contribution in [0.4, 0.5) is 30.8 Å². The number of piperazine rings is 2. The number of hydrogen-bond donors (Lipinski definition) is 6. The largest absolute Gasteiger partial charge is 0.481 e. The summed E-state index contributed by atoms with van der Waals surface area (Å²) in [4.78, 5) is 107. The first-order chi connectivity index (χ1) is 30.7. The number of aromatic nitrogens is 2. The van der Waals surface area contributed by atoms with Crippen LogP contribution in [-0.4, -0.2) is 143 Å². The number of nitrogens with one attached hydrogen (secondary N) is 5. The van der Waals surface area contributed by atoms with Crippen LogP contribution in [0.15, 0.2) is 46.5 Å². The summed E-state index contributed by atoms with van der Waals surface area (Å²) in [6, 6.07) is 7.35. The molecule has 0 aliphatic carbocycles. The van der Waals surface area contributed by atoms with Crippen molar-refractivity contribution in [1.29, 1.82) is 0 Å².